The van der Waals surface area contributed by atoms with Crippen LogP contribution in [0.15, 0.2) is 51.9 Å². The van der Waals surface area contributed by atoms with E-state index in [0.717, 1.165) is 5.56 Å². The molecule has 0 saturated heterocycles. The Kier molecular flexibility index (Phi) is 6.23. The monoisotopic (exact) mass is 429 g/mol. The molecule has 0 atom stereocenters. The van der Waals surface area contributed by atoms with Gasteiger partial charge >= 0.3 is 0 Å². The van der Waals surface area contributed by atoms with E-state index >= 15 is 0 Å². The number of aromatic nitrogens is 1. The summed E-state index contributed by atoms with van der Waals surface area (Å²) in [6, 6.07) is 12.2. The molecule has 3 aromatic rings. The second-order valence-corrected chi connectivity index (χ2v) is 8.54. The fraction of sp³-hybridized carbons (Fsp3) is 0.238. The quantitative estimate of drug-likeness (QED) is 0.596. The van der Waals surface area contributed by atoms with E-state index in [4.69, 9.17) is 9.26 Å². The summed E-state index contributed by atoms with van der Waals surface area (Å²) in [5.74, 6) is 0.566. The van der Waals surface area contributed by atoms with E-state index in [0.29, 0.717) is 28.1 Å². The normalized spacial score (nSPS) is 11.3. The smallest absolute Gasteiger partial charge is 0.241 e. The summed E-state index contributed by atoms with van der Waals surface area (Å²) in [5.41, 5.74) is 3.05. The number of carbonyl (C=O) groups is 1. The summed E-state index contributed by atoms with van der Waals surface area (Å²) < 4.78 is 38.9. The molecule has 0 bridgehead atoms. The van der Waals surface area contributed by atoms with Gasteiger partial charge in [0.05, 0.1) is 23.3 Å². The van der Waals surface area contributed by atoms with Crippen molar-refractivity contribution < 1.29 is 22.5 Å². The van der Waals surface area contributed by atoms with Crippen molar-refractivity contribution in [2.24, 2.45) is 0 Å². The standard InChI is InChI=1S/C21H23N3O5S/c1-13-5-8-17(20-14(2)24-29-21(20)23-15(3)25)11-19(13)30(26,27)22-12-16-6-9-18(28-4)10-7-16/h5-11,22H,12H2,1-4H3,(H,23,25). The van der Waals surface area contributed by atoms with Crippen molar-refractivity contribution in [3.05, 3.63) is 59.3 Å². The summed E-state index contributed by atoms with van der Waals surface area (Å²) in [7, 11) is -2.22. The van der Waals surface area contributed by atoms with Crippen LogP contribution in [-0.2, 0) is 21.4 Å². The topological polar surface area (TPSA) is 111 Å². The molecule has 158 valence electrons. The Bertz CT molecular complexity index is 1170. The third-order valence-electron chi connectivity index (χ3n) is 4.54. The summed E-state index contributed by atoms with van der Waals surface area (Å²) in [5, 5.41) is 6.46. The Labute approximate surface area is 175 Å². The number of methoxy groups -OCH3 is 1. The number of benzene rings is 2. The highest BCUT2D eigenvalue weighted by Crippen LogP contribution is 2.33. The van der Waals surface area contributed by atoms with Crippen molar-refractivity contribution >= 4 is 21.8 Å². The van der Waals surface area contributed by atoms with Crippen molar-refractivity contribution in [3.8, 4) is 16.9 Å². The van der Waals surface area contributed by atoms with E-state index in [1.54, 1.807) is 63.4 Å². The maximum atomic E-state index is 13.0. The van der Waals surface area contributed by atoms with E-state index in [-0.39, 0.29) is 23.2 Å². The first-order chi connectivity index (χ1) is 14.2. The number of sulfonamides is 1. The van der Waals surface area contributed by atoms with Gasteiger partial charge in [-0.25, -0.2) is 13.1 Å². The van der Waals surface area contributed by atoms with Gasteiger partial charge in [0.25, 0.3) is 0 Å². The van der Waals surface area contributed by atoms with Gasteiger partial charge in [-0.3, -0.25) is 10.1 Å². The molecule has 0 aliphatic heterocycles. The van der Waals surface area contributed by atoms with Gasteiger partial charge in [-0.1, -0.05) is 29.4 Å². The second kappa shape index (κ2) is 8.68. The molecule has 0 unspecified atom stereocenters. The lowest BCUT2D eigenvalue weighted by molar-refractivity contribution is -0.114. The number of nitrogens with zero attached hydrogens (tertiary/aromatic N) is 1. The van der Waals surface area contributed by atoms with Crippen molar-refractivity contribution in [2.75, 3.05) is 12.4 Å². The fourth-order valence-electron chi connectivity index (χ4n) is 3.00. The SMILES string of the molecule is COc1ccc(CNS(=O)(=O)c2cc(-c3c(C)noc3NC(C)=O)ccc2C)cc1. The Morgan fingerprint density at radius 2 is 1.83 bits per heavy atom. The molecule has 0 radical (unpaired) electrons. The third kappa shape index (κ3) is 4.69. The van der Waals surface area contributed by atoms with Crippen LogP contribution in [-0.4, -0.2) is 26.6 Å². The molecule has 30 heavy (non-hydrogen) atoms. The van der Waals surface area contributed by atoms with E-state index in [1.165, 1.54) is 6.92 Å². The minimum absolute atomic E-state index is 0.138. The molecule has 0 aliphatic rings. The number of anilines is 1. The Hall–Kier alpha value is -3.17. The molecular weight excluding hydrogens is 406 g/mol. The molecule has 1 amide bonds. The van der Waals surface area contributed by atoms with Gasteiger partial charge in [-0.2, -0.15) is 0 Å². The van der Waals surface area contributed by atoms with Crippen LogP contribution in [0.1, 0.15) is 23.7 Å². The summed E-state index contributed by atoms with van der Waals surface area (Å²) in [4.78, 5) is 11.6. The van der Waals surface area contributed by atoms with Gasteiger partial charge in [-0.05, 0) is 48.7 Å². The van der Waals surface area contributed by atoms with Gasteiger partial charge in [0, 0.05) is 13.5 Å². The van der Waals surface area contributed by atoms with Crippen LogP contribution < -0.4 is 14.8 Å². The van der Waals surface area contributed by atoms with Crippen LogP contribution >= 0.6 is 0 Å². The second-order valence-electron chi connectivity index (χ2n) is 6.81. The molecule has 0 fully saturated rings. The zero-order valence-corrected chi connectivity index (χ0v) is 18.0. The first-order valence-corrected chi connectivity index (χ1v) is 10.7. The molecule has 8 nitrogen and oxygen atoms in total. The predicted octanol–water partition coefficient (Wildman–Crippen LogP) is 3.40. The van der Waals surface area contributed by atoms with Gasteiger partial charge < -0.3 is 9.26 Å². The zero-order chi connectivity index (χ0) is 21.9. The third-order valence-corrected chi connectivity index (χ3v) is 6.09. The lowest BCUT2D eigenvalue weighted by Gasteiger charge is -2.12. The Morgan fingerprint density at radius 3 is 2.47 bits per heavy atom. The average Bonchev–Trinajstić information content (AvgIpc) is 3.06. The maximum absolute atomic E-state index is 13.0. The summed E-state index contributed by atoms with van der Waals surface area (Å²) >= 11 is 0. The van der Waals surface area contributed by atoms with E-state index in [2.05, 4.69) is 15.2 Å². The highest BCUT2D eigenvalue weighted by molar-refractivity contribution is 7.89. The summed E-state index contributed by atoms with van der Waals surface area (Å²) in [6.07, 6.45) is 0. The Balaban J connectivity index is 1.90. The number of carbonyl (C=O) groups excluding carboxylic acids is 1. The van der Waals surface area contributed by atoms with Crippen LogP contribution in [0.2, 0.25) is 0 Å². The minimum atomic E-state index is -3.79. The number of nitrogens with one attached hydrogen (secondary N) is 2. The maximum Gasteiger partial charge on any atom is 0.241 e. The molecule has 2 N–H and O–H groups in total. The van der Waals surface area contributed by atoms with Crippen LogP contribution in [0.25, 0.3) is 11.1 Å². The molecule has 9 heteroatoms. The number of ether oxygens (including phenoxy) is 1. The molecular formula is C21H23N3O5S. The molecule has 0 aliphatic carbocycles. The van der Waals surface area contributed by atoms with E-state index in [1.807, 2.05) is 0 Å². The lowest BCUT2D eigenvalue weighted by Crippen LogP contribution is -2.24. The lowest BCUT2D eigenvalue weighted by atomic mass is 10.0. The highest BCUT2D eigenvalue weighted by atomic mass is 32.2. The van der Waals surface area contributed by atoms with Crippen LogP contribution in [0.3, 0.4) is 0 Å². The molecule has 1 heterocycles. The number of rotatable bonds is 7. The molecule has 2 aromatic carbocycles. The zero-order valence-electron chi connectivity index (χ0n) is 17.1. The number of aryl methyl sites for hydroxylation is 2. The first kappa shape index (κ1) is 21.5. The molecule has 0 saturated carbocycles. The first-order valence-electron chi connectivity index (χ1n) is 9.18. The molecule has 1 aromatic heterocycles. The molecule has 3 rings (SSSR count). The van der Waals surface area contributed by atoms with Crippen LogP contribution in [0.4, 0.5) is 5.88 Å². The Morgan fingerprint density at radius 1 is 1.13 bits per heavy atom. The van der Waals surface area contributed by atoms with E-state index < -0.39 is 10.0 Å². The summed E-state index contributed by atoms with van der Waals surface area (Å²) in [6.45, 7) is 4.94. The molecule has 0 spiro atoms. The van der Waals surface area contributed by atoms with E-state index in [9.17, 15) is 13.2 Å². The highest BCUT2D eigenvalue weighted by Gasteiger charge is 2.21. The van der Waals surface area contributed by atoms with Crippen molar-refractivity contribution in [1.82, 2.24) is 9.88 Å². The van der Waals surface area contributed by atoms with Crippen molar-refractivity contribution in [2.45, 2.75) is 32.2 Å². The van der Waals surface area contributed by atoms with Crippen molar-refractivity contribution in [3.63, 3.8) is 0 Å². The largest absolute Gasteiger partial charge is 0.497 e. The van der Waals surface area contributed by atoms with Gasteiger partial charge in [-0.15, -0.1) is 0 Å². The van der Waals surface area contributed by atoms with Crippen LogP contribution in [0, 0.1) is 13.8 Å². The fourth-order valence-corrected chi connectivity index (χ4v) is 4.29. The van der Waals surface area contributed by atoms with Gasteiger partial charge in [0.2, 0.25) is 21.8 Å². The minimum Gasteiger partial charge on any atom is -0.497 e. The number of hydrogen-bond acceptors (Lipinski definition) is 6. The predicted molar refractivity (Wildman–Crippen MR) is 113 cm³/mol. The van der Waals surface area contributed by atoms with Crippen LogP contribution in [0.5, 0.6) is 5.75 Å². The van der Waals surface area contributed by atoms with Gasteiger partial charge in [0.15, 0.2) is 0 Å². The van der Waals surface area contributed by atoms with Gasteiger partial charge in [0.1, 0.15) is 5.75 Å². The number of hydrogen-bond donors (Lipinski definition) is 2. The average molecular weight is 429 g/mol. The number of amides is 1. The van der Waals surface area contributed by atoms with Crippen molar-refractivity contribution in [1.29, 1.82) is 0 Å².